The summed E-state index contributed by atoms with van der Waals surface area (Å²) < 4.78 is 1.19. The van der Waals surface area contributed by atoms with Crippen molar-refractivity contribution in [3.63, 3.8) is 0 Å². The average molecular weight is 282 g/mol. The summed E-state index contributed by atoms with van der Waals surface area (Å²) in [6.45, 7) is 0.959. The van der Waals surface area contributed by atoms with E-state index in [0.29, 0.717) is 0 Å². The second-order valence-electron chi connectivity index (χ2n) is 3.40. The van der Waals surface area contributed by atoms with E-state index >= 15 is 0 Å². The fourth-order valence-electron chi connectivity index (χ4n) is 1.44. The second-order valence-corrected chi connectivity index (χ2v) is 5.94. The Bertz CT molecular complexity index is 424. The van der Waals surface area contributed by atoms with Crippen molar-refractivity contribution in [1.29, 1.82) is 0 Å². The molecule has 2 aromatic rings. The number of hydrogen-bond donors (Lipinski definition) is 0. The van der Waals surface area contributed by atoms with E-state index in [1.807, 2.05) is 6.07 Å². The Labute approximate surface area is 102 Å². The third kappa shape index (κ3) is 2.83. The van der Waals surface area contributed by atoms with Gasteiger partial charge < -0.3 is 4.90 Å². The SMILES string of the molecule is CN(Cc1ccc(Br)s1)c1ccccc1. The molecule has 0 atom stereocenters. The molecule has 0 radical (unpaired) electrons. The van der Waals surface area contributed by atoms with E-state index in [2.05, 4.69) is 64.3 Å². The molecule has 0 saturated carbocycles. The van der Waals surface area contributed by atoms with Crippen LogP contribution in [0, 0.1) is 0 Å². The summed E-state index contributed by atoms with van der Waals surface area (Å²) in [5.74, 6) is 0. The maximum atomic E-state index is 3.48. The topological polar surface area (TPSA) is 3.24 Å². The third-order valence-electron chi connectivity index (χ3n) is 2.22. The summed E-state index contributed by atoms with van der Waals surface area (Å²) in [5, 5.41) is 0. The van der Waals surface area contributed by atoms with Crippen LogP contribution in [0.4, 0.5) is 5.69 Å². The standard InChI is InChI=1S/C12H12BrNS/c1-14(10-5-3-2-4-6-10)9-11-7-8-12(13)15-11/h2-8H,9H2,1H3. The largest absolute Gasteiger partial charge is 0.369 e. The lowest BCUT2D eigenvalue weighted by molar-refractivity contribution is 0.940. The van der Waals surface area contributed by atoms with Crippen LogP contribution in [0.1, 0.15) is 4.88 Å². The first-order chi connectivity index (χ1) is 7.25. The molecule has 0 bridgehead atoms. The van der Waals surface area contributed by atoms with Crippen LogP contribution in [0.5, 0.6) is 0 Å². The molecule has 2 rings (SSSR count). The van der Waals surface area contributed by atoms with Gasteiger partial charge in [0.2, 0.25) is 0 Å². The fourth-order valence-corrected chi connectivity index (χ4v) is 2.98. The summed E-state index contributed by atoms with van der Waals surface area (Å²) in [4.78, 5) is 3.62. The quantitative estimate of drug-likeness (QED) is 0.817. The lowest BCUT2D eigenvalue weighted by Gasteiger charge is -2.17. The van der Waals surface area contributed by atoms with Crippen LogP contribution in [0.15, 0.2) is 46.3 Å². The van der Waals surface area contributed by atoms with Crippen molar-refractivity contribution in [2.24, 2.45) is 0 Å². The Kier molecular flexibility index (Phi) is 3.44. The highest BCUT2D eigenvalue weighted by molar-refractivity contribution is 9.11. The Morgan fingerprint density at radius 1 is 1.13 bits per heavy atom. The molecule has 0 amide bonds. The molecular formula is C12H12BrNS. The van der Waals surface area contributed by atoms with E-state index in [1.54, 1.807) is 11.3 Å². The molecule has 78 valence electrons. The minimum atomic E-state index is 0.959. The van der Waals surface area contributed by atoms with Gasteiger partial charge in [0.05, 0.1) is 10.3 Å². The van der Waals surface area contributed by atoms with Crippen LogP contribution in [-0.2, 0) is 6.54 Å². The van der Waals surface area contributed by atoms with Gasteiger partial charge in [0.25, 0.3) is 0 Å². The number of halogens is 1. The minimum Gasteiger partial charge on any atom is -0.369 e. The van der Waals surface area contributed by atoms with Crippen LogP contribution in [0.25, 0.3) is 0 Å². The molecule has 0 aliphatic heterocycles. The van der Waals surface area contributed by atoms with Gasteiger partial charge in [0.15, 0.2) is 0 Å². The van der Waals surface area contributed by atoms with E-state index in [0.717, 1.165) is 6.54 Å². The molecular weight excluding hydrogens is 270 g/mol. The smallest absolute Gasteiger partial charge is 0.0702 e. The van der Waals surface area contributed by atoms with E-state index < -0.39 is 0 Å². The molecule has 0 fully saturated rings. The average Bonchev–Trinajstić information content (AvgIpc) is 2.65. The zero-order chi connectivity index (χ0) is 10.7. The lowest BCUT2D eigenvalue weighted by Crippen LogP contribution is -2.15. The first kappa shape index (κ1) is 10.7. The van der Waals surface area contributed by atoms with Crippen molar-refractivity contribution in [3.05, 3.63) is 51.1 Å². The highest BCUT2D eigenvalue weighted by atomic mass is 79.9. The Balaban J connectivity index is 2.07. The van der Waals surface area contributed by atoms with Crippen molar-refractivity contribution in [2.45, 2.75) is 6.54 Å². The van der Waals surface area contributed by atoms with E-state index in [4.69, 9.17) is 0 Å². The summed E-state index contributed by atoms with van der Waals surface area (Å²) in [6, 6.07) is 14.7. The number of thiophene rings is 1. The Morgan fingerprint density at radius 3 is 2.47 bits per heavy atom. The van der Waals surface area contributed by atoms with Crippen molar-refractivity contribution in [1.82, 2.24) is 0 Å². The number of para-hydroxylation sites is 1. The van der Waals surface area contributed by atoms with E-state index in [-0.39, 0.29) is 0 Å². The van der Waals surface area contributed by atoms with Gasteiger partial charge in [-0.15, -0.1) is 11.3 Å². The molecule has 1 heterocycles. The van der Waals surface area contributed by atoms with E-state index in [1.165, 1.54) is 14.4 Å². The number of anilines is 1. The molecule has 0 spiro atoms. The lowest BCUT2D eigenvalue weighted by atomic mass is 10.3. The van der Waals surface area contributed by atoms with E-state index in [9.17, 15) is 0 Å². The maximum absolute atomic E-state index is 3.48. The maximum Gasteiger partial charge on any atom is 0.0702 e. The van der Waals surface area contributed by atoms with Gasteiger partial charge in [-0.2, -0.15) is 0 Å². The zero-order valence-corrected chi connectivity index (χ0v) is 10.9. The van der Waals surface area contributed by atoms with Crippen LogP contribution in [-0.4, -0.2) is 7.05 Å². The molecule has 1 aromatic carbocycles. The number of hydrogen-bond acceptors (Lipinski definition) is 2. The van der Waals surface area contributed by atoms with Crippen molar-refractivity contribution >= 4 is 33.0 Å². The molecule has 0 N–H and O–H groups in total. The van der Waals surface area contributed by atoms with Gasteiger partial charge in [0, 0.05) is 17.6 Å². The molecule has 0 aliphatic rings. The highest BCUT2D eigenvalue weighted by Crippen LogP contribution is 2.24. The van der Waals surface area contributed by atoms with Crippen LogP contribution >= 0.6 is 27.3 Å². The molecule has 1 aromatic heterocycles. The first-order valence-electron chi connectivity index (χ1n) is 4.76. The predicted molar refractivity (Wildman–Crippen MR) is 70.6 cm³/mol. The summed E-state index contributed by atoms with van der Waals surface area (Å²) in [6.07, 6.45) is 0. The van der Waals surface area contributed by atoms with Crippen LogP contribution in [0.3, 0.4) is 0 Å². The van der Waals surface area contributed by atoms with Crippen molar-refractivity contribution in [3.8, 4) is 0 Å². The van der Waals surface area contributed by atoms with Gasteiger partial charge in [-0.05, 0) is 40.2 Å². The van der Waals surface area contributed by atoms with Gasteiger partial charge in [-0.25, -0.2) is 0 Å². The Hall–Kier alpha value is -0.800. The van der Waals surface area contributed by atoms with Crippen LogP contribution < -0.4 is 4.90 Å². The number of rotatable bonds is 3. The number of benzene rings is 1. The summed E-state index contributed by atoms with van der Waals surface area (Å²) >= 11 is 5.26. The summed E-state index contributed by atoms with van der Waals surface area (Å²) in [5.41, 5.74) is 1.25. The van der Waals surface area contributed by atoms with Gasteiger partial charge in [0.1, 0.15) is 0 Å². The van der Waals surface area contributed by atoms with Gasteiger partial charge in [-0.3, -0.25) is 0 Å². The van der Waals surface area contributed by atoms with Crippen LogP contribution in [0.2, 0.25) is 0 Å². The van der Waals surface area contributed by atoms with Crippen molar-refractivity contribution < 1.29 is 0 Å². The fraction of sp³-hybridized carbons (Fsp3) is 0.167. The second kappa shape index (κ2) is 4.81. The highest BCUT2D eigenvalue weighted by Gasteiger charge is 2.03. The summed E-state index contributed by atoms with van der Waals surface area (Å²) in [7, 11) is 2.11. The van der Waals surface area contributed by atoms with Gasteiger partial charge in [-0.1, -0.05) is 18.2 Å². The monoisotopic (exact) mass is 281 g/mol. The first-order valence-corrected chi connectivity index (χ1v) is 6.37. The zero-order valence-electron chi connectivity index (χ0n) is 8.48. The Morgan fingerprint density at radius 2 is 1.87 bits per heavy atom. The molecule has 15 heavy (non-hydrogen) atoms. The third-order valence-corrected chi connectivity index (χ3v) is 3.83. The normalized spacial score (nSPS) is 10.3. The van der Waals surface area contributed by atoms with Crippen molar-refractivity contribution in [2.75, 3.05) is 11.9 Å². The minimum absolute atomic E-state index is 0.959. The number of nitrogens with zero attached hydrogens (tertiary/aromatic N) is 1. The molecule has 0 saturated heterocycles. The van der Waals surface area contributed by atoms with Gasteiger partial charge >= 0.3 is 0 Å². The molecule has 1 nitrogen and oxygen atoms in total. The molecule has 3 heteroatoms. The molecule has 0 aliphatic carbocycles. The molecule has 0 unspecified atom stereocenters. The predicted octanol–water partition coefficient (Wildman–Crippen LogP) is 4.15.